The second-order valence-corrected chi connectivity index (χ2v) is 8.59. The number of alkyl halides is 1. The zero-order chi connectivity index (χ0) is 22.2. The number of hydrogen-bond donors (Lipinski definition) is 2. The van der Waals surface area contributed by atoms with E-state index in [0.717, 1.165) is 0 Å². The van der Waals surface area contributed by atoms with E-state index in [1.54, 1.807) is 32.2 Å². The van der Waals surface area contributed by atoms with Crippen molar-refractivity contribution in [2.24, 2.45) is 0 Å². The SMILES string of the molecule is CCOC(=O)c1nc(-c2cccc(C#C[C@]3(O)CCN(C)C3=O)c2)sc1N[C@@H]1C[C@H]1F. The molecule has 1 saturated carbocycles. The number of amides is 1. The van der Waals surface area contributed by atoms with E-state index < -0.39 is 23.6 Å². The van der Waals surface area contributed by atoms with Gasteiger partial charge in [-0.25, -0.2) is 14.2 Å². The van der Waals surface area contributed by atoms with Crippen LogP contribution in [0.3, 0.4) is 0 Å². The molecular weight excluding hydrogens is 421 g/mol. The molecule has 1 amide bonds. The van der Waals surface area contributed by atoms with Crippen molar-refractivity contribution in [3.05, 3.63) is 35.5 Å². The van der Waals surface area contributed by atoms with Crippen LogP contribution in [0.15, 0.2) is 24.3 Å². The van der Waals surface area contributed by atoms with Gasteiger partial charge in [0.05, 0.1) is 12.6 Å². The number of rotatable bonds is 5. The molecule has 0 radical (unpaired) electrons. The Hall–Kier alpha value is -2.96. The minimum Gasteiger partial charge on any atom is -0.461 e. The first-order valence-electron chi connectivity index (χ1n) is 10.0. The van der Waals surface area contributed by atoms with E-state index in [2.05, 4.69) is 22.1 Å². The summed E-state index contributed by atoms with van der Waals surface area (Å²) >= 11 is 1.24. The van der Waals surface area contributed by atoms with Crippen LogP contribution in [0.2, 0.25) is 0 Å². The number of esters is 1. The van der Waals surface area contributed by atoms with E-state index in [0.29, 0.717) is 34.1 Å². The molecule has 1 aliphatic heterocycles. The predicted molar refractivity (Wildman–Crippen MR) is 115 cm³/mol. The van der Waals surface area contributed by atoms with Gasteiger partial charge in [0.2, 0.25) is 5.60 Å². The second kappa shape index (κ2) is 8.29. The third kappa shape index (κ3) is 4.40. The van der Waals surface area contributed by atoms with Gasteiger partial charge in [0.25, 0.3) is 5.91 Å². The maximum Gasteiger partial charge on any atom is 0.360 e. The molecule has 162 valence electrons. The number of likely N-dealkylation sites (tertiary alicyclic amines) is 1. The number of hydrogen-bond acceptors (Lipinski definition) is 7. The Balaban J connectivity index is 1.62. The summed E-state index contributed by atoms with van der Waals surface area (Å²) in [5.41, 5.74) is -0.231. The van der Waals surface area contributed by atoms with Gasteiger partial charge in [0.15, 0.2) is 5.69 Å². The van der Waals surface area contributed by atoms with Gasteiger partial charge in [0.1, 0.15) is 16.2 Å². The van der Waals surface area contributed by atoms with Gasteiger partial charge in [-0.1, -0.05) is 35.3 Å². The number of nitrogens with one attached hydrogen (secondary N) is 1. The Morgan fingerprint density at radius 3 is 2.94 bits per heavy atom. The number of nitrogens with zero attached hydrogens (tertiary/aromatic N) is 2. The summed E-state index contributed by atoms with van der Waals surface area (Å²) in [5.74, 6) is 4.60. The third-order valence-corrected chi connectivity index (χ3v) is 6.19. The molecule has 1 aliphatic carbocycles. The van der Waals surface area contributed by atoms with Crippen LogP contribution in [0.1, 0.15) is 35.8 Å². The zero-order valence-corrected chi connectivity index (χ0v) is 18.0. The van der Waals surface area contributed by atoms with Crippen molar-refractivity contribution in [2.75, 3.05) is 25.5 Å². The summed E-state index contributed by atoms with van der Waals surface area (Å²) in [6.45, 7) is 2.37. The molecule has 0 spiro atoms. The average molecular weight is 444 g/mol. The van der Waals surface area contributed by atoms with Crippen molar-refractivity contribution in [1.82, 2.24) is 9.88 Å². The molecule has 4 rings (SSSR count). The summed E-state index contributed by atoms with van der Waals surface area (Å²) in [4.78, 5) is 30.3. The van der Waals surface area contributed by atoms with Crippen molar-refractivity contribution in [3.63, 3.8) is 0 Å². The highest BCUT2D eigenvalue weighted by Crippen LogP contribution is 2.37. The molecule has 3 atom stereocenters. The number of halogens is 1. The number of aliphatic hydroxyl groups is 1. The third-order valence-electron chi connectivity index (χ3n) is 5.16. The molecule has 1 aromatic heterocycles. The van der Waals surface area contributed by atoms with Crippen molar-refractivity contribution in [1.29, 1.82) is 0 Å². The van der Waals surface area contributed by atoms with E-state index in [9.17, 15) is 19.1 Å². The lowest BCUT2D eigenvalue weighted by atomic mass is 10.0. The molecule has 0 unspecified atom stereocenters. The highest BCUT2D eigenvalue weighted by molar-refractivity contribution is 7.19. The standard InChI is InChI=1S/C22H22FN3O4S/c1-3-30-20(27)17-19(24-16-12-15(16)23)31-18(25-17)14-6-4-5-13(11-14)7-8-22(29)9-10-26(2)21(22)28/h4-6,11,15-16,24,29H,3,9-10,12H2,1-2H3/t15-,16-,22+/m1/s1. The molecule has 2 fully saturated rings. The number of anilines is 1. The molecule has 1 aromatic carbocycles. The number of aromatic nitrogens is 1. The van der Waals surface area contributed by atoms with Crippen molar-refractivity contribution < 1.29 is 23.8 Å². The summed E-state index contributed by atoms with van der Waals surface area (Å²) in [6, 6.07) is 6.82. The average Bonchev–Trinajstić information content (AvgIpc) is 3.17. The summed E-state index contributed by atoms with van der Waals surface area (Å²) in [5, 5.41) is 14.5. The Morgan fingerprint density at radius 1 is 1.52 bits per heavy atom. The van der Waals surface area contributed by atoms with Crippen LogP contribution in [-0.4, -0.2) is 64.9 Å². The first kappa shape index (κ1) is 21.3. The number of thiazole rings is 1. The largest absolute Gasteiger partial charge is 0.461 e. The molecule has 31 heavy (non-hydrogen) atoms. The van der Waals surface area contributed by atoms with Gasteiger partial charge in [-0.3, -0.25) is 4.79 Å². The first-order valence-corrected chi connectivity index (χ1v) is 10.8. The fourth-order valence-corrected chi connectivity index (χ4v) is 4.25. The van der Waals surface area contributed by atoms with E-state index in [1.165, 1.54) is 16.2 Å². The van der Waals surface area contributed by atoms with Crippen LogP contribution >= 0.6 is 11.3 Å². The minimum atomic E-state index is -1.67. The molecular formula is C22H22FN3O4S. The Bertz CT molecular complexity index is 1090. The van der Waals surface area contributed by atoms with Gasteiger partial charge in [-0.05, 0) is 19.1 Å². The van der Waals surface area contributed by atoms with E-state index >= 15 is 0 Å². The Labute approximate surface area is 183 Å². The minimum absolute atomic E-state index is 0.131. The number of carbonyl (C=O) groups is 2. The number of benzene rings is 1. The van der Waals surface area contributed by atoms with Gasteiger partial charge in [-0.15, -0.1) is 0 Å². The predicted octanol–water partition coefficient (Wildman–Crippen LogP) is 2.45. The van der Waals surface area contributed by atoms with E-state index in [-0.39, 0.29) is 24.8 Å². The van der Waals surface area contributed by atoms with Crippen molar-refractivity contribution in [3.8, 4) is 22.4 Å². The number of ether oxygens (including phenoxy) is 1. The van der Waals surface area contributed by atoms with Crippen LogP contribution in [-0.2, 0) is 9.53 Å². The molecule has 2 N–H and O–H groups in total. The van der Waals surface area contributed by atoms with Gasteiger partial charge in [-0.2, -0.15) is 0 Å². The smallest absolute Gasteiger partial charge is 0.360 e. The molecule has 2 aliphatic rings. The highest BCUT2D eigenvalue weighted by Gasteiger charge is 2.42. The van der Waals surface area contributed by atoms with Crippen molar-refractivity contribution >= 4 is 28.2 Å². The topological polar surface area (TPSA) is 91.8 Å². The molecule has 1 saturated heterocycles. The van der Waals surface area contributed by atoms with Crippen LogP contribution in [0.25, 0.3) is 10.6 Å². The number of likely N-dealkylation sites (N-methyl/N-ethyl adjacent to an activating group) is 1. The Kier molecular flexibility index (Phi) is 5.69. The fraction of sp³-hybridized carbons (Fsp3) is 0.409. The van der Waals surface area contributed by atoms with Crippen LogP contribution in [0.4, 0.5) is 9.39 Å². The molecule has 7 nitrogen and oxygen atoms in total. The number of carbonyl (C=O) groups excluding carboxylic acids is 2. The summed E-state index contributed by atoms with van der Waals surface area (Å²) < 4.78 is 18.4. The summed E-state index contributed by atoms with van der Waals surface area (Å²) in [7, 11) is 1.63. The summed E-state index contributed by atoms with van der Waals surface area (Å²) in [6.07, 6.45) is -0.268. The lowest BCUT2D eigenvalue weighted by Crippen LogP contribution is -2.37. The normalized spacial score (nSPS) is 24.5. The van der Waals surface area contributed by atoms with E-state index in [4.69, 9.17) is 4.74 Å². The highest BCUT2D eigenvalue weighted by atomic mass is 32.1. The zero-order valence-electron chi connectivity index (χ0n) is 17.1. The quantitative estimate of drug-likeness (QED) is 0.545. The van der Waals surface area contributed by atoms with E-state index in [1.807, 2.05) is 6.07 Å². The van der Waals surface area contributed by atoms with Crippen molar-refractivity contribution in [2.45, 2.75) is 37.6 Å². The fourth-order valence-electron chi connectivity index (χ4n) is 3.24. The maximum absolute atomic E-state index is 13.4. The van der Waals surface area contributed by atoms with Gasteiger partial charge in [0, 0.05) is 37.6 Å². The molecule has 9 heteroatoms. The molecule has 0 bridgehead atoms. The molecule has 2 aromatic rings. The van der Waals surface area contributed by atoms with Gasteiger partial charge < -0.3 is 20.1 Å². The van der Waals surface area contributed by atoms with Gasteiger partial charge >= 0.3 is 5.97 Å². The van der Waals surface area contributed by atoms with Crippen LogP contribution < -0.4 is 5.32 Å². The maximum atomic E-state index is 13.4. The van der Waals surface area contributed by atoms with Crippen LogP contribution in [0.5, 0.6) is 0 Å². The Morgan fingerprint density at radius 2 is 2.29 bits per heavy atom. The lowest BCUT2D eigenvalue weighted by Gasteiger charge is -2.13. The lowest BCUT2D eigenvalue weighted by molar-refractivity contribution is -0.137. The second-order valence-electron chi connectivity index (χ2n) is 7.59. The van der Waals surface area contributed by atoms with Crippen LogP contribution in [0, 0.1) is 11.8 Å². The molecule has 2 heterocycles. The monoisotopic (exact) mass is 443 g/mol. The first-order chi connectivity index (χ1) is 14.8.